The number of nitrogens with zero attached hydrogens (tertiary/aromatic N) is 1. The monoisotopic (exact) mass is 274 g/mol. The maximum Gasteiger partial charge on any atom is 0.431 e. The highest BCUT2D eigenvalue weighted by Crippen LogP contribution is 2.09. The topological polar surface area (TPSA) is 118 Å². The van der Waals surface area contributed by atoms with Crippen LogP contribution in [0, 0.1) is 5.41 Å². The summed E-state index contributed by atoms with van der Waals surface area (Å²) in [7, 11) is 0. The number of nitrogens with two attached hydrogens (primary N) is 1. The number of ether oxygens (including phenoxy) is 2. The molecule has 0 aliphatic carbocycles. The lowest BCUT2D eigenvalue weighted by Crippen LogP contribution is -2.52. The molecule has 0 radical (unpaired) electrons. The van der Waals surface area contributed by atoms with E-state index < -0.39 is 29.3 Å². The first-order valence-electron chi connectivity index (χ1n) is 5.68. The van der Waals surface area contributed by atoms with Gasteiger partial charge in [-0.15, -0.1) is 0 Å². The molecule has 0 aliphatic heterocycles. The van der Waals surface area contributed by atoms with Gasteiger partial charge >= 0.3 is 12.2 Å². The van der Waals surface area contributed by atoms with Crippen LogP contribution in [0.2, 0.25) is 0 Å². The number of hydrogen-bond acceptors (Lipinski definition) is 6. The predicted molar refractivity (Wildman–Crippen MR) is 69.4 cm³/mol. The fraction of sp³-hybridized carbons (Fsp3) is 0.727. The summed E-state index contributed by atoms with van der Waals surface area (Å²) < 4.78 is 9.85. The Hall–Kier alpha value is -1.83. The minimum atomic E-state index is -0.950. The van der Waals surface area contributed by atoms with Gasteiger partial charge in [-0.3, -0.25) is 10.7 Å². The van der Waals surface area contributed by atoms with Crippen LogP contribution in [0.5, 0.6) is 0 Å². The van der Waals surface area contributed by atoms with E-state index in [4.69, 9.17) is 20.7 Å². The molecular weight excluding hydrogens is 252 g/mol. The number of nitrogens with one attached hydrogen (secondary N) is 2. The van der Waals surface area contributed by atoms with Gasteiger partial charge in [0.1, 0.15) is 11.2 Å². The summed E-state index contributed by atoms with van der Waals surface area (Å²) in [6.07, 6.45) is -1.83. The van der Waals surface area contributed by atoms with Gasteiger partial charge in [0.15, 0.2) is 0 Å². The first-order chi connectivity index (χ1) is 8.32. The molecule has 110 valence electrons. The highest BCUT2D eigenvalue weighted by Gasteiger charge is 2.25. The zero-order valence-electron chi connectivity index (χ0n) is 12.2. The van der Waals surface area contributed by atoms with Crippen molar-refractivity contribution >= 4 is 18.1 Å². The Morgan fingerprint density at radius 1 is 1.05 bits per heavy atom. The normalized spacial score (nSPS) is 11.5. The molecule has 0 unspecified atom stereocenters. The van der Waals surface area contributed by atoms with E-state index in [0.717, 1.165) is 0 Å². The number of hydrogen-bond donors (Lipinski definition) is 3. The van der Waals surface area contributed by atoms with Crippen molar-refractivity contribution in [1.82, 2.24) is 10.3 Å². The average molecular weight is 274 g/mol. The number of alkyl carbamates (subject to hydrolysis) is 1. The lowest BCUT2D eigenvalue weighted by Gasteiger charge is -2.25. The lowest BCUT2D eigenvalue weighted by atomic mass is 10.2. The van der Waals surface area contributed by atoms with Gasteiger partial charge in [0.05, 0.1) is 0 Å². The van der Waals surface area contributed by atoms with Gasteiger partial charge in [-0.2, -0.15) is 5.01 Å². The summed E-state index contributed by atoms with van der Waals surface area (Å²) in [6.45, 7) is 9.98. The third-order valence-electron chi connectivity index (χ3n) is 1.45. The minimum Gasteiger partial charge on any atom is -0.444 e. The number of carbonyl (C=O) groups is 2. The van der Waals surface area contributed by atoms with Gasteiger partial charge < -0.3 is 9.47 Å². The zero-order chi connectivity index (χ0) is 15.4. The van der Waals surface area contributed by atoms with Gasteiger partial charge in [0.25, 0.3) is 0 Å². The van der Waals surface area contributed by atoms with Crippen LogP contribution in [-0.4, -0.2) is 34.4 Å². The van der Waals surface area contributed by atoms with E-state index in [-0.39, 0.29) is 0 Å². The largest absolute Gasteiger partial charge is 0.444 e. The summed E-state index contributed by atoms with van der Waals surface area (Å²) in [6, 6.07) is 0. The van der Waals surface area contributed by atoms with Crippen molar-refractivity contribution in [3.63, 3.8) is 0 Å². The Morgan fingerprint density at radius 3 is 1.84 bits per heavy atom. The van der Waals surface area contributed by atoms with E-state index in [1.54, 1.807) is 41.5 Å². The van der Waals surface area contributed by atoms with Gasteiger partial charge in [-0.05, 0) is 41.5 Å². The van der Waals surface area contributed by atoms with Crippen molar-refractivity contribution in [3.05, 3.63) is 0 Å². The van der Waals surface area contributed by atoms with Crippen molar-refractivity contribution in [2.75, 3.05) is 0 Å². The van der Waals surface area contributed by atoms with Gasteiger partial charge in [0.2, 0.25) is 5.96 Å². The second-order valence-corrected chi connectivity index (χ2v) is 5.83. The molecule has 4 N–H and O–H groups in total. The molecular formula is C11H22N4O4. The maximum atomic E-state index is 11.5. The molecule has 8 nitrogen and oxygen atoms in total. The Balaban J connectivity index is 4.43. The lowest BCUT2D eigenvalue weighted by molar-refractivity contribution is 0.0356. The van der Waals surface area contributed by atoms with Crippen LogP contribution in [0.25, 0.3) is 0 Å². The first-order valence-corrected chi connectivity index (χ1v) is 5.68. The molecule has 0 spiro atoms. The number of guanidine groups is 1. The fourth-order valence-corrected chi connectivity index (χ4v) is 0.863. The van der Waals surface area contributed by atoms with E-state index >= 15 is 0 Å². The summed E-state index contributed by atoms with van der Waals surface area (Å²) in [5.41, 5.74) is -1.46. The highest BCUT2D eigenvalue weighted by atomic mass is 16.6. The predicted octanol–water partition coefficient (Wildman–Crippen LogP) is 1.56. The molecule has 0 saturated heterocycles. The third kappa shape index (κ3) is 7.98. The summed E-state index contributed by atoms with van der Waals surface area (Å²) in [5, 5.41) is 9.87. The van der Waals surface area contributed by atoms with Crippen LogP contribution >= 0.6 is 0 Å². The van der Waals surface area contributed by atoms with E-state index in [0.29, 0.717) is 5.01 Å². The number of amides is 2. The Kier molecular flexibility index (Phi) is 5.31. The third-order valence-corrected chi connectivity index (χ3v) is 1.45. The fourth-order valence-electron chi connectivity index (χ4n) is 0.863. The van der Waals surface area contributed by atoms with Crippen molar-refractivity contribution < 1.29 is 19.1 Å². The smallest absolute Gasteiger partial charge is 0.431 e. The standard InChI is InChI=1S/C11H22N4O4/c1-10(2,3)18-8(16)14-7(12)15(13)9(17)19-11(4,5)6/h13H2,1-6H3,(H2,12,14,16). The molecule has 0 fully saturated rings. The van der Waals surface area contributed by atoms with Gasteiger partial charge in [0, 0.05) is 0 Å². The number of hydrazine groups is 1. The van der Waals surface area contributed by atoms with Crippen LogP contribution in [0.15, 0.2) is 0 Å². The van der Waals surface area contributed by atoms with Crippen LogP contribution in [0.1, 0.15) is 41.5 Å². The van der Waals surface area contributed by atoms with E-state index in [2.05, 4.69) is 0 Å². The van der Waals surface area contributed by atoms with Crippen LogP contribution < -0.4 is 11.2 Å². The molecule has 0 aromatic heterocycles. The Morgan fingerprint density at radius 2 is 1.47 bits per heavy atom. The summed E-state index contributed by atoms with van der Waals surface area (Å²) >= 11 is 0. The molecule has 8 heteroatoms. The maximum absolute atomic E-state index is 11.5. The molecule has 0 saturated carbocycles. The molecule has 2 amide bonds. The summed E-state index contributed by atoms with van der Waals surface area (Å²) in [4.78, 5) is 22.9. The minimum absolute atomic E-state index is 0.384. The van der Waals surface area contributed by atoms with E-state index in [1.165, 1.54) is 0 Å². The zero-order valence-corrected chi connectivity index (χ0v) is 12.2. The second kappa shape index (κ2) is 5.87. The van der Waals surface area contributed by atoms with Crippen LogP contribution in [0.4, 0.5) is 9.59 Å². The number of carbonyl (C=O) groups excluding carboxylic acids is 2. The van der Waals surface area contributed by atoms with Crippen molar-refractivity contribution in [2.45, 2.75) is 52.7 Å². The van der Waals surface area contributed by atoms with Crippen LogP contribution in [0.3, 0.4) is 0 Å². The highest BCUT2D eigenvalue weighted by molar-refractivity contribution is 5.99. The van der Waals surface area contributed by atoms with Crippen molar-refractivity contribution in [1.29, 1.82) is 5.41 Å². The van der Waals surface area contributed by atoms with Crippen molar-refractivity contribution in [3.8, 4) is 0 Å². The SMILES string of the molecule is CC(C)(C)OC(=O)NC(=N)N(N)C(=O)OC(C)(C)C. The molecule has 0 rings (SSSR count). The molecule has 0 heterocycles. The first kappa shape index (κ1) is 17.2. The van der Waals surface area contributed by atoms with E-state index in [9.17, 15) is 9.59 Å². The quantitative estimate of drug-likeness (QED) is 0.204. The van der Waals surface area contributed by atoms with Crippen LogP contribution in [-0.2, 0) is 9.47 Å². The molecule has 0 aromatic carbocycles. The number of rotatable bonds is 0. The molecule has 0 bridgehead atoms. The molecule has 19 heavy (non-hydrogen) atoms. The van der Waals surface area contributed by atoms with E-state index in [1.807, 2.05) is 5.32 Å². The second-order valence-electron chi connectivity index (χ2n) is 5.83. The Bertz CT molecular complexity index is 368. The summed E-state index contributed by atoms with van der Waals surface area (Å²) in [5.74, 6) is 4.71. The molecule has 0 aromatic rings. The van der Waals surface area contributed by atoms with Gasteiger partial charge in [-0.1, -0.05) is 0 Å². The van der Waals surface area contributed by atoms with Gasteiger partial charge in [-0.25, -0.2) is 15.4 Å². The molecule has 0 aliphatic rings. The van der Waals surface area contributed by atoms with Crippen molar-refractivity contribution in [2.24, 2.45) is 5.84 Å². The average Bonchev–Trinajstić information content (AvgIpc) is 2.10. The molecule has 0 atom stereocenters. The Labute approximate surface area is 112 Å².